The van der Waals surface area contributed by atoms with Crippen molar-refractivity contribution >= 4 is 21.8 Å². The van der Waals surface area contributed by atoms with Gasteiger partial charge in [0.25, 0.3) is 0 Å². The van der Waals surface area contributed by atoms with E-state index >= 15 is 0 Å². The molecule has 0 saturated carbocycles. The van der Waals surface area contributed by atoms with Crippen LogP contribution in [0.25, 0.3) is 21.8 Å². The van der Waals surface area contributed by atoms with Gasteiger partial charge in [0, 0.05) is 35.7 Å². The first kappa shape index (κ1) is 16.4. The average Bonchev–Trinajstić information content (AvgIpc) is 3.19. The van der Waals surface area contributed by atoms with Crippen LogP contribution in [0.2, 0.25) is 0 Å². The predicted molar refractivity (Wildman–Crippen MR) is 104 cm³/mol. The van der Waals surface area contributed by atoms with Crippen molar-refractivity contribution in [3.05, 3.63) is 110 Å². The quantitative estimate of drug-likeness (QED) is 0.409. The van der Waals surface area contributed by atoms with Gasteiger partial charge >= 0.3 is 0 Å². The maximum Gasteiger partial charge on any atom is 0.0701 e. The Balaban J connectivity index is 0.000000113. The lowest BCUT2D eigenvalue weighted by Gasteiger charge is -1.91. The van der Waals surface area contributed by atoms with Gasteiger partial charge in [-0.2, -0.15) is 0 Å². The molecule has 3 aromatic heterocycles. The second-order valence-electron chi connectivity index (χ2n) is 5.29. The number of hydrogen-bond donors (Lipinski definition) is 1. The maximum atomic E-state index is 4.18. The largest absolute Gasteiger partial charge is 0.361 e. The Bertz CT molecular complexity index is 885. The highest BCUT2D eigenvalue weighted by Crippen LogP contribution is 2.09. The fraction of sp³-hybridized carbons (Fsp3) is 0. The van der Waals surface area contributed by atoms with Gasteiger partial charge < -0.3 is 4.98 Å². The summed E-state index contributed by atoms with van der Waals surface area (Å²) in [6, 6.07) is 28.1. The molecule has 0 aliphatic carbocycles. The van der Waals surface area contributed by atoms with Crippen LogP contribution in [0.5, 0.6) is 0 Å². The molecule has 0 aliphatic rings. The average molecular weight is 325 g/mol. The summed E-state index contributed by atoms with van der Waals surface area (Å²) in [4.78, 5) is 11.1. The van der Waals surface area contributed by atoms with Gasteiger partial charge in [-0.3, -0.25) is 9.97 Å². The van der Waals surface area contributed by atoms with Gasteiger partial charge in [-0.15, -0.1) is 0 Å². The van der Waals surface area contributed by atoms with Crippen LogP contribution < -0.4 is 0 Å². The lowest BCUT2D eigenvalue weighted by molar-refractivity contribution is 1.33. The number of aromatic amines is 1. The van der Waals surface area contributed by atoms with E-state index in [1.165, 1.54) is 16.3 Å². The summed E-state index contributed by atoms with van der Waals surface area (Å²) >= 11 is 0. The summed E-state index contributed by atoms with van der Waals surface area (Å²) in [6.45, 7) is 0. The van der Waals surface area contributed by atoms with E-state index in [9.17, 15) is 0 Å². The fourth-order valence-corrected chi connectivity index (χ4v) is 2.32. The first-order valence-electron chi connectivity index (χ1n) is 8.10. The number of fused-ring (bicyclic) bond motifs is 2. The van der Waals surface area contributed by atoms with Crippen molar-refractivity contribution in [1.82, 2.24) is 15.0 Å². The van der Waals surface area contributed by atoms with E-state index in [0.29, 0.717) is 0 Å². The molecular formula is C22H19N3. The second-order valence-corrected chi connectivity index (χ2v) is 5.29. The monoisotopic (exact) mass is 325 g/mol. The van der Waals surface area contributed by atoms with Crippen molar-refractivity contribution in [2.24, 2.45) is 0 Å². The number of para-hydroxylation sites is 2. The number of nitrogens with one attached hydrogen (secondary N) is 1. The van der Waals surface area contributed by atoms with E-state index in [-0.39, 0.29) is 0 Å². The van der Waals surface area contributed by atoms with Gasteiger partial charge in [-0.1, -0.05) is 48.5 Å². The van der Waals surface area contributed by atoms with E-state index in [1.54, 1.807) is 12.4 Å². The molecule has 0 spiro atoms. The maximum absolute atomic E-state index is 4.18. The molecule has 0 radical (unpaired) electrons. The minimum Gasteiger partial charge on any atom is -0.361 e. The Morgan fingerprint density at radius 3 is 1.96 bits per heavy atom. The molecule has 0 unspecified atom stereocenters. The van der Waals surface area contributed by atoms with E-state index in [1.807, 2.05) is 67.0 Å². The molecule has 0 amide bonds. The van der Waals surface area contributed by atoms with E-state index < -0.39 is 0 Å². The van der Waals surface area contributed by atoms with Gasteiger partial charge in [0.2, 0.25) is 0 Å². The van der Waals surface area contributed by atoms with E-state index in [0.717, 1.165) is 5.52 Å². The topological polar surface area (TPSA) is 41.6 Å². The Hall–Kier alpha value is -3.46. The van der Waals surface area contributed by atoms with E-state index in [2.05, 4.69) is 45.3 Å². The summed E-state index contributed by atoms with van der Waals surface area (Å²) in [5.41, 5.74) is 2.27. The second kappa shape index (κ2) is 8.99. The number of benzene rings is 2. The van der Waals surface area contributed by atoms with Gasteiger partial charge in [-0.25, -0.2) is 0 Å². The minimum absolute atomic E-state index is 1.06. The van der Waals surface area contributed by atoms with Gasteiger partial charge in [0.1, 0.15) is 0 Å². The molecule has 0 fully saturated rings. The van der Waals surface area contributed by atoms with Crippen molar-refractivity contribution in [3.63, 3.8) is 0 Å². The smallest absolute Gasteiger partial charge is 0.0701 e. The molecule has 1 N–H and O–H groups in total. The third kappa shape index (κ3) is 5.01. The molecule has 3 heterocycles. The Morgan fingerprint density at radius 2 is 1.28 bits per heavy atom. The standard InChI is InChI=1S/C9H7N.C8H7N.C5H5N/c1-2-6-9-8(4-1)5-3-7-10-9;1-2-4-8-7(3-1)5-6-9-8;1-2-4-6-5-3-1/h1-7H;1-6,9H;1-5H. The Morgan fingerprint density at radius 1 is 0.560 bits per heavy atom. The SMILES string of the molecule is c1ccc2[nH]ccc2c1.c1ccc2ncccc2c1.c1ccncc1. The molecule has 25 heavy (non-hydrogen) atoms. The number of H-pyrrole nitrogens is 1. The summed E-state index contributed by atoms with van der Waals surface area (Å²) in [5, 5.41) is 2.47. The van der Waals surface area contributed by atoms with Crippen molar-refractivity contribution in [2.75, 3.05) is 0 Å². The summed E-state index contributed by atoms with van der Waals surface area (Å²) < 4.78 is 0. The third-order valence-corrected chi connectivity index (χ3v) is 3.54. The van der Waals surface area contributed by atoms with Crippen LogP contribution in [-0.4, -0.2) is 15.0 Å². The number of hydrogen-bond acceptors (Lipinski definition) is 2. The zero-order chi connectivity index (χ0) is 17.2. The van der Waals surface area contributed by atoms with Crippen molar-refractivity contribution in [2.45, 2.75) is 0 Å². The van der Waals surface area contributed by atoms with Crippen LogP contribution in [0.3, 0.4) is 0 Å². The highest BCUT2D eigenvalue weighted by atomic mass is 14.7. The highest BCUT2D eigenvalue weighted by molar-refractivity contribution is 5.79. The Kier molecular flexibility index (Phi) is 5.90. The van der Waals surface area contributed by atoms with Gasteiger partial charge in [-0.05, 0) is 41.8 Å². The van der Waals surface area contributed by atoms with Crippen LogP contribution >= 0.6 is 0 Å². The predicted octanol–water partition coefficient (Wildman–Crippen LogP) is 5.48. The lowest BCUT2D eigenvalue weighted by atomic mass is 10.2. The first-order chi connectivity index (χ1) is 12.4. The molecule has 2 aromatic carbocycles. The molecule has 5 aromatic rings. The van der Waals surface area contributed by atoms with Crippen LogP contribution in [0.15, 0.2) is 110 Å². The highest BCUT2D eigenvalue weighted by Gasteiger charge is 1.87. The molecule has 0 atom stereocenters. The number of aromatic nitrogens is 3. The van der Waals surface area contributed by atoms with Gasteiger partial charge in [0.05, 0.1) is 5.52 Å². The van der Waals surface area contributed by atoms with Crippen LogP contribution in [0.1, 0.15) is 0 Å². The zero-order valence-corrected chi connectivity index (χ0v) is 13.8. The molecule has 0 saturated heterocycles. The minimum atomic E-state index is 1.06. The molecule has 0 bridgehead atoms. The number of pyridine rings is 2. The van der Waals surface area contributed by atoms with Crippen LogP contribution in [0.4, 0.5) is 0 Å². The molecule has 0 aliphatic heterocycles. The van der Waals surface area contributed by atoms with Crippen LogP contribution in [0, 0.1) is 0 Å². The molecule has 122 valence electrons. The first-order valence-corrected chi connectivity index (χ1v) is 8.10. The summed E-state index contributed by atoms with van der Waals surface area (Å²) in [7, 11) is 0. The molecule has 5 rings (SSSR count). The summed E-state index contributed by atoms with van der Waals surface area (Å²) in [6.07, 6.45) is 7.26. The fourth-order valence-electron chi connectivity index (χ4n) is 2.32. The normalized spacial score (nSPS) is 9.60. The lowest BCUT2D eigenvalue weighted by Crippen LogP contribution is -1.73. The zero-order valence-electron chi connectivity index (χ0n) is 13.8. The Labute approximate surface area is 147 Å². The van der Waals surface area contributed by atoms with Gasteiger partial charge in [0.15, 0.2) is 0 Å². The number of rotatable bonds is 0. The van der Waals surface area contributed by atoms with Crippen molar-refractivity contribution in [1.29, 1.82) is 0 Å². The molecular weight excluding hydrogens is 306 g/mol. The van der Waals surface area contributed by atoms with Crippen molar-refractivity contribution < 1.29 is 0 Å². The molecule has 3 heteroatoms. The summed E-state index contributed by atoms with van der Waals surface area (Å²) in [5.74, 6) is 0. The van der Waals surface area contributed by atoms with E-state index in [4.69, 9.17) is 0 Å². The molecule has 3 nitrogen and oxygen atoms in total. The number of nitrogens with zero attached hydrogens (tertiary/aromatic N) is 2. The third-order valence-electron chi connectivity index (χ3n) is 3.54. The van der Waals surface area contributed by atoms with Crippen LogP contribution in [-0.2, 0) is 0 Å². The van der Waals surface area contributed by atoms with Crippen molar-refractivity contribution in [3.8, 4) is 0 Å².